The van der Waals surface area contributed by atoms with Crippen molar-refractivity contribution < 1.29 is 13.9 Å². The summed E-state index contributed by atoms with van der Waals surface area (Å²) in [7, 11) is 1.57. The molecule has 3 nitrogen and oxygen atoms in total. The number of hydrogen-bond acceptors (Lipinski definition) is 3. The van der Waals surface area contributed by atoms with Crippen LogP contribution in [0.3, 0.4) is 0 Å². The standard InChI is InChI=1S/C17H18FNO2S/c1-12-3-8-16(21-2)15(9-12)19-17(20)11-22-10-13-4-6-14(18)7-5-13/h3-9H,10-11H2,1-2H3,(H,19,20). The SMILES string of the molecule is COc1ccc(C)cc1NC(=O)CSCc1ccc(F)cc1. The van der Waals surface area contributed by atoms with Gasteiger partial charge in [-0.1, -0.05) is 18.2 Å². The van der Waals surface area contributed by atoms with Gasteiger partial charge in [-0.25, -0.2) is 4.39 Å². The van der Waals surface area contributed by atoms with E-state index in [4.69, 9.17) is 4.74 Å². The molecule has 1 amide bonds. The lowest BCUT2D eigenvalue weighted by Gasteiger charge is -2.11. The molecule has 0 saturated heterocycles. The highest BCUT2D eigenvalue weighted by Gasteiger charge is 2.08. The second kappa shape index (κ2) is 7.84. The van der Waals surface area contributed by atoms with Gasteiger partial charge in [0.05, 0.1) is 18.6 Å². The van der Waals surface area contributed by atoms with E-state index in [9.17, 15) is 9.18 Å². The molecule has 0 heterocycles. The number of thioether (sulfide) groups is 1. The maximum Gasteiger partial charge on any atom is 0.234 e. The maximum absolute atomic E-state index is 12.8. The molecule has 2 aromatic carbocycles. The Bertz CT molecular complexity index is 644. The van der Waals surface area contributed by atoms with Crippen molar-refractivity contribution in [2.45, 2.75) is 12.7 Å². The van der Waals surface area contributed by atoms with Crippen molar-refractivity contribution in [2.75, 3.05) is 18.2 Å². The lowest BCUT2D eigenvalue weighted by atomic mass is 10.2. The van der Waals surface area contributed by atoms with E-state index < -0.39 is 0 Å². The first-order chi connectivity index (χ1) is 10.6. The fourth-order valence-corrected chi connectivity index (χ4v) is 2.74. The van der Waals surface area contributed by atoms with Crippen molar-refractivity contribution in [1.82, 2.24) is 0 Å². The molecule has 2 aromatic rings. The fourth-order valence-electron chi connectivity index (χ4n) is 1.95. The zero-order valence-corrected chi connectivity index (χ0v) is 13.4. The van der Waals surface area contributed by atoms with E-state index in [1.165, 1.54) is 23.9 Å². The average molecular weight is 319 g/mol. The molecule has 2 rings (SSSR count). The topological polar surface area (TPSA) is 38.3 Å². The Kier molecular flexibility index (Phi) is 5.83. The van der Waals surface area contributed by atoms with Crippen molar-refractivity contribution in [2.24, 2.45) is 0 Å². The van der Waals surface area contributed by atoms with Crippen molar-refractivity contribution in [3.63, 3.8) is 0 Å². The number of methoxy groups -OCH3 is 1. The van der Waals surface area contributed by atoms with Crippen LogP contribution >= 0.6 is 11.8 Å². The predicted molar refractivity (Wildman–Crippen MR) is 88.9 cm³/mol. The average Bonchev–Trinajstić information content (AvgIpc) is 2.49. The van der Waals surface area contributed by atoms with Crippen LogP contribution in [0.25, 0.3) is 0 Å². The normalized spacial score (nSPS) is 10.3. The molecular formula is C17H18FNO2S. The number of rotatable bonds is 6. The van der Waals surface area contributed by atoms with Crippen LogP contribution in [0.5, 0.6) is 5.75 Å². The van der Waals surface area contributed by atoms with Crippen LogP contribution in [0.4, 0.5) is 10.1 Å². The molecule has 0 aliphatic heterocycles. The zero-order valence-electron chi connectivity index (χ0n) is 12.6. The highest BCUT2D eigenvalue weighted by atomic mass is 32.2. The second-order valence-electron chi connectivity index (χ2n) is 4.87. The van der Waals surface area contributed by atoms with Crippen LogP contribution in [-0.4, -0.2) is 18.8 Å². The number of halogens is 1. The summed E-state index contributed by atoms with van der Waals surface area (Å²) >= 11 is 1.48. The van der Waals surface area contributed by atoms with Gasteiger partial charge in [0, 0.05) is 5.75 Å². The molecule has 5 heteroatoms. The van der Waals surface area contributed by atoms with Crippen molar-refractivity contribution in [3.05, 3.63) is 59.4 Å². The number of carbonyl (C=O) groups is 1. The van der Waals surface area contributed by atoms with Gasteiger partial charge in [-0.2, -0.15) is 0 Å². The minimum absolute atomic E-state index is 0.0870. The number of ether oxygens (including phenoxy) is 1. The number of hydrogen-bond donors (Lipinski definition) is 1. The first-order valence-electron chi connectivity index (χ1n) is 6.85. The maximum atomic E-state index is 12.8. The van der Waals surface area contributed by atoms with Gasteiger partial charge in [0.15, 0.2) is 0 Å². The molecule has 22 heavy (non-hydrogen) atoms. The van der Waals surface area contributed by atoms with E-state index in [0.717, 1.165) is 11.1 Å². The lowest BCUT2D eigenvalue weighted by Crippen LogP contribution is -2.15. The number of anilines is 1. The van der Waals surface area contributed by atoms with E-state index in [1.807, 2.05) is 25.1 Å². The van der Waals surface area contributed by atoms with Gasteiger partial charge in [-0.05, 0) is 42.3 Å². The zero-order chi connectivity index (χ0) is 15.9. The van der Waals surface area contributed by atoms with Gasteiger partial charge in [0.2, 0.25) is 5.91 Å². The molecule has 0 fully saturated rings. The summed E-state index contributed by atoms with van der Waals surface area (Å²) in [5.74, 6) is 1.30. The Morgan fingerprint density at radius 2 is 1.95 bits per heavy atom. The van der Waals surface area contributed by atoms with Crippen molar-refractivity contribution in [1.29, 1.82) is 0 Å². The van der Waals surface area contributed by atoms with Crippen LogP contribution in [-0.2, 0) is 10.5 Å². The quantitative estimate of drug-likeness (QED) is 0.874. The molecule has 0 bridgehead atoms. The molecule has 0 saturated carbocycles. The third kappa shape index (κ3) is 4.77. The first-order valence-corrected chi connectivity index (χ1v) is 8.00. The monoisotopic (exact) mass is 319 g/mol. The number of aryl methyl sites for hydroxylation is 1. The van der Waals surface area contributed by atoms with Crippen molar-refractivity contribution >= 4 is 23.4 Å². The van der Waals surface area contributed by atoms with Gasteiger partial charge in [0.25, 0.3) is 0 Å². The Morgan fingerprint density at radius 3 is 2.64 bits per heavy atom. The number of benzene rings is 2. The van der Waals surface area contributed by atoms with Crippen LogP contribution in [0.2, 0.25) is 0 Å². The summed E-state index contributed by atoms with van der Waals surface area (Å²) in [4.78, 5) is 12.0. The molecule has 0 aliphatic rings. The largest absolute Gasteiger partial charge is 0.495 e. The number of carbonyl (C=O) groups excluding carboxylic acids is 1. The minimum atomic E-state index is -0.252. The number of amides is 1. The fraction of sp³-hybridized carbons (Fsp3) is 0.235. The number of nitrogens with one attached hydrogen (secondary N) is 1. The van der Waals surface area contributed by atoms with E-state index in [2.05, 4.69) is 5.32 Å². The van der Waals surface area contributed by atoms with Crippen LogP contribution in [0.1, 0.15) is 11.1 Å². The third-order valence-corrected chi connectivity index (χ3v) is 4.05. The molecule has 0 atom stereocenters. The Labute approximate surface area is 133 Å². The molecule has 0 unspecified atom stereocenters. The summed E-state index contributed by atoms with van der Waals surface area (Å²) in [5, 5.41) is 2.85. The van der Waals surface area contributed by atoms with Gasteiger partial charge in [-0.15, -0.1) is 11.8 Å². The minimum Gasteiger partial charge on any atom is -0.495 e. The Balaban J connectivity index is 1.85. The molecule has 1 N–H and O–H groups in total. The van der Waals surface area contributed by atoms with Crippen LogP contribution < -0.4 is 10.1 Å². The molecule has 0 aromatic heterocycles. The van der Waals surface area contributed by atoms with Crippen LogP contribution in [0.15, 0.2) is 42.5 Å². The summed E-state index contributed by atoms with van der Waals surface area (Å²) in [6, 6.07) is 11.9. The van der Waals surface area contributed by atoms with E-state index >= 15 is 0 Å². The molecule has 0 radical (unpaired) electrons. The van der Waals surface area contributed by atoms with E-state index in [1.54, 1.807) is 19.2 Å². The highest BCUT2D eigenvalue weighted by Crippen LogP contribution is 2.25. The molecule has 116 valence electrons. The van der Waals surface area contributed by atoms with Gasteiger partial charge in [-0.3, -0.25) is 4.79 Å². The molecule has 0 spiro atoms. The lowest BCUT2D eigenvalue weighted by molar-refractivity contribution is -0.113. The second-order valence-corrected chi connectivity index (χ2v) is 5.86. The summed E-state index contributed by atoms with van der Waals surface area (Å²) in [5.41, 5.74) is 2.72. The van der Waals surface area contributed by atoms with Gasteiger partial charge < -0.3 is 10.1 Å². The van der Waals surface area contributed by atoms with E-state index in [0.29, 0.717) is 22.9 Å². The van der Waals surface area contributed by atoms with Crippen LogP contribution in [0, 0.1) is 12.7 Å². The van der Waals surface area contributed by atoms with Gasteiger partial charge >= 0.3 is 0 Å². The highest BCUT2D eigenvalue weighted by molar-refractivity contribution is 7.99. The summed E-state index contributed by atoms with van der Waals surface area (Å²) in [6.45, 7) is 1.96. The molecule has 0 aliphatic carbocycles. The van der Waals surface area contributed by atoms with E-state index in [-0.39, 0.29) is 11.7 Å². The smallest absolute Gasteiger partial charge is 0.234 e. The Hall–Kier alpha value is -2.01. The summed E-state index contributed by atoms with van der Waals surface area (Å²) < 4.78 is 18.0. The predicted octanol–water partition coefficient (Wildman–Crippen LogP) is 4.01. The molecular weight excluding hydrogens is 301 g/mol. The Morgan fingerprint density at radius 1 is 1.23 bits per heavy atom. The summed E-state index contributed by atoms with van der Waals surface area (Å²) in [6.07, 6.45) is 0. The third-order valence-electron chi connectivity index (χ3n) is 3.04. The van der Waals surface area contributed by atoms with Crippen molar-refractivity contribution in [3.8, 4) is 5.75 Å². The first kappa shape index (κ1) is 16.4. The van der Waals surface area contributed by atoms with Gasteiger partial charge in [0.1, 0.15) is 11.6 Å².